The molecule has 6 heteroatoms. The molecule has 0 aliphatic heterocycles. The molecule has 0 aromatic heterocycles. The second-order valence-electron chi connectivity index (χ2n) is 5.08. The van der Waals surface area contributed by atoms with E-state index in [9.17, 15) is 4.79 Å². The summed E-state index contributed by atoms with van der Waals surface area (Å²) in [5.74, 6) is 0.251. The Morgan fingerprint density at radius 3 is 1.90 bits per heavy atom. The third-order valence-electron chi connectivity index (χ3n) is 3.28. The third kappa shape index (κ3) is 11.8. The molecule has 4 nitrogen and oxygen atoms in total. The fourth-order valence-corrected chi connectivity index (χ4v) is 1.98. The van der Waals surface area contributed by atoms with E-state index in [1.54, 1.807) is 0 Å². The van der Waals surface area contributed by atoms with Gasteiger partial charge < -0.3 is 41.2 Å². The highest BCUT2D eigenvalue weighted by atomic mass is 35.5. The van der Waals surface area contributed by atoms with E-state index in [1.165, 1.54) is 0 Å². The maximum absolute atomic E-state index is 12.3. The van der Waals surface area contributed by atoms with Crippen LogP contribution in [0.2, 0.25) is 0 Å². The van der Waals surface area contributed by atoms with Gasteiger partial charge in [-0.3, -0.25) is 4.79 Å². The fraction of sp³-hybridized carbons (Fsp3) is 0.929. The summed E-state index contributed by atoms with van der Waals surface area (Å²) in [7, 11) is 0. The highest BCUT2D eigenvalue weighted by Crippen LogP contribution is 2.05. The van der Waals surface area contributed by atoms with Gasteiger partial charge in [0.1, 0.15) is 0 Å². The summed E-state index contributed by atoms with van der Waals surface area (Å²) < 4.78 is 0. The molecule has 0 fully saturated rings. The van der Waals surface area contributed by atoms with E-state index in [0.29, 0.717) is 0 Å². The first-order valence-corrected chi connectivity index (χ1v) is 7.58. The zero-order chi connectivity index (χ0) is 13.8. The number of quaternary nitrogens is 2. The van der Waals surface area contributed by atoms with Crippen molar-refractivity contribution >= 4 is 5.91 Å². The number of hydrogen-bond donors (Lipinski definition) is 2. The first kappa shape index (κ1) is 25.0. The molecular weight excluding hydrogens is 297 g/mol. The molecular formula is C14H33Cl2N3O. The first-order chi connectivity index (χ1) is 8.67. The second-order valence-corrected chi connectivity index (χ2v) is 5.08. The van der Waals surface area contributed by atoms with Gasteiger partial charge in [-0.05, 0) is 25.7 Å². The van der Waals surface area contributed by atoms with Crippen LogP contribution in [-0.4, -0.2) is 36.5 Å². The quantitative estimate of drug-likeness (QED) is 0.364. The second kappa shape index (κ2) is 17.0. The molecule has 0 aromatic rings. The van der Waals surface area contributed by atoms with Crippen molar-refractivity contribution in [3.8, 4) is 0 Å². The number of unbranched alkanes of at least 4 members (excludes halogenated alkanes) is 3. The van der Waals surface area contributed by atoms with Crippen molar-refractivity contribution in [3.05, 3.63) is 0 Å². The van der Waals surface area contributed by atoms with E-state index in [1.807, 2.05) is 4.90 Å². The number of halogens is 2. The minimum Gasteiger partial charge on any atom is -1.00 e. The number of nitrogens with zero attached hydrogens (tertiary/aromatic N) is 1. The Kier molecular flexibility index (Phi) is 21.2. The minimum absolute atomic E-state index is 0. The van der Waals surface area contributed by atoms with Gasteiger partial charge in [0, 0.05) is 19.5 Å². The molecule has 0 saturated heterocycles. The lowest BCUT2D eigenvalue weighted by molar-refractivity contribution is -0.408. The molecule has 0 spiro atoms. The van der Waals surface area contributed by atoms with Gasteiger partial charge in [0.25, 0.3) is 5.91 Å². The van der Waals surface area contributed by atoms with Crippen LogP contribution in [0.4, 0.5) is 0 Å². The zero-order valence-electron chi connectivity index (χ0n) is 13.2. The molecule has 1 atom stereocenters. The van der Waals surface area contributed by atoms with Gasteiger partial charge in [0.05, 0.1) is 6.54 Å². The van der Waals surface area contributed by atoms with Gasteiger partial charge in [-0.25, -0.2) is 0 Å². The maximum atomic E-state index is 12.3. The van der Waals surface area contributed by atoms with Crippen molar-refractivity contribution in [2.24, 2.45) is 0 Å². The summed E-state index contributed by atoms with van der Waals surface area (Å²) in [6, 6.07) is -0.0646. The summed E-state index contributed by atoms with van der Waals surface area (Å²) in [5.41, 5.74) is 7.86. The van der Waals surface area contributed by atoms with Crippen molar-refractivity contribution in [1.29, 1.82) is 0 Å². The zero-order valence-corrected chi connectivity index (χ0v) is 14.7. The topological polar surface area (TPSA) is 75.6 Å². The fourth-order valence-electron chi connectivity index (χ4n) is 1.98. The summed E-state index contributed by atoms with van der Waals surface area (Å²) >= 11 is 0. The van der Waals surface area contributed by atoms with E-state index in [4.69, 9.17) is 0 Å². The van der Waals surface area contributed by atoms with E-state index >= 15 is 0 Å². The Morgan fingerprint density at radius 2 is 1.50 bits per heavy atom. The van der Waals surface area contributed by atoms with Crippen LogP contribution in [0.1, 0.15) is 58.8 Å². The number of carbonyl (C=O) groups is 1. The van der Waals surface area contributed by atoms with E-state index in [0.717, 1.165) is 64.6 Å². The van der Waals surface area contributed by atoms with Gasteiger partial charge in [-0.2, -0.15) is 0 Å². The van der Waals surface area contributed by atoms with Crippen molar-refractivity contribution in [2.75, 3.05) is 19.6 Å². The van der Waals surface area contributed by atoms with Gasteiger partial charge in [-0.1, -0.05) is 26.7 Å². The smallest absolute Gasteiger partial charge is 0.280 e. The average Bonchev–Trinajstić information content (AvgIpc) is 2.38. The molecule has 0 radical (unpaired) electrons. The number of hydrogen-bond acceptors (Lipinski definition) is 1. The normalized spacial score (nSPS) is 11.2. The Labute approximate surface area is 136 Å². The number of carbonyl (C=O) groups excluding carboxylic acids is 1. The van der Waals surface area contributed by atoms with Crippen molar-refractivity contribution < 1.29 is 41.1 Å². The SMILES string of the molecule is CCCCN(CCCC)C(=O)[C@@H]([NH3+])CCCC[NH3+].[Cl-].[Cl-]. The molecule has 0 heterocycles. The highest BCUT2D eigenvalue weighted by Gasteiger charge is 2.22. The molecule has 20 heavy (non-hydrogen) atoms. The van der Waals surface area contributed by atoms with Crippen LogP contribution in [-0.2, 0) is 4.79 Å². The molecule has 6 N–H and O–H groups in total. The molecule has 0 bridgehead atoms. The van der Waals surface area contributed by atoms with Crippen LogP contribution in [0.5, 0.6) is 0 Å². The average molecular weight is 330 g/mol. The first-order valence-electron chi connectivity index (χ1n) is 7.58. The molecule has 0 aliphatic rings. The predicted octanol–water partition coefficient (Wildman–Crippen LogP) is -5.55. The molecule has 0 unspecified atom stereocenters. The van der Waals surface area contributed by atoms with Crippen LogP contribution in [0, 0.1) is 0 Å². The summed E-state index contributed by atoms with van der Waals surface area (Å²) in [6.07, 6.45) is 7.55. The lowest BCUT2D eigenvalue weighted by Crippen LogP contribution is -3.00. The Morgan fingerprint density at radius 1 is 1.00 bits per heavy atom. The van der Waals surface area contributed by atoms with E-state index in [-0.39, 0.29) is 36.8 Å². The van der Waals surface area contributed by atoms with Crippen molar-refractivity contribution in [3.63, 3.8) is 0 Å². The van der Waals surface area contributed by atoms with Crippen molar-refractivity contribution in [1.82, 2.24) is 4.90 Å². The van der Waals surface area contributed by atoms with E-state index in [2.05, 4.69) is 25.3 Å². The summed E-state index contributed by atoms with van der Waals surface area (Å²) in [5, 5.41) is 0. The maximum Gasteiger partial charge on any atom is 0.280 e. The summed E-state index contributed by atoms with van der Waals surface area (Å²) in [6.45, 7) is 7.08. The minimum atomic E-state index is -0.0646. The van der Waals surface area contributed by atoms with Gasteiger partial charge in [0.2, 0.25) is 0 Å². The Hall–Kier alpha value is -0.0300. The molecule has 124 valence electrons. The predicted molar refractivity (Wildman–Crippen MR) is 74.7 cm³/mol. The summed E-state index contributed by atoms with van der Waals surface area (Å²) in [4.78, 5) is 14.3. The largest absolute Gasteiger partial charge is 1.00 e. The van der Waals surface area contributed by atoms with Crippen molar-refractivity contribution in [2.45, 2.75) is 64.8 Å². The Balaban J connectivity index is -0.00000144. The van der Waals surface area contributed by atoms with Crippen LogP contribution in [0.3, 0.4) is 0 Å². The molecule has 1 amide bonds. The Bertz CT molecular complexity index is 211. The monoisotopic (exact) mass is 329 g/mol. The molecule has 0 rings (SSSR count). The van der Waals surface area contributed by atoms with Gasteiger partial charge in [-0.15, -0.1) is 0 Å². The molecule has 0 aromatic carbocycles. The van der Waals surface area contributed by atoms with E-state index < -0.39 is 0 Å². The lowest BCUT2D eigenvalue weighted by Gasteiger charge is -2.24. The lowest BCUT2D eigenvalue weighted by atomic mass is 10.1. The standard InChI is InChI=1S/C14H31N3O.2ClH/c1-3-5-11-17(12-6-4-2)14(18)13(16)9-7-8-10-15;;/h13H,3-12,15-16H2,1-2H3;2*1H/t13-;;/m0../s1. The van der Waals surface area contributed by atoms with Crippen LogP contribution >= 0.6 is 0 Å². The van der Waals surface area contributed by atoms with Gasteiger partial charge >= 0.3 is 0 Å². The third-order valence-corrected chi connectivity index (χ3v) is 3.28. The van der Waals surface area contributed by atoms with Gasteiger partial charge in [0.15, 0.2) is 6.04 Å². The number of rotatable bonds is 11. The van der Waals surface area contributed by atoms with Crippen LogP contribution in [0.25, 0.3) is 0 Å². The highest BCUT2D eigenvalue weighted by molar-refractivity contribution is 5.80. The number of amides is 1. The van der Waals surface area contributed by atoms with Crippen LogP contribution in [0.15, 0.2) is 0 Å². The van der Waals surface area contributed by atoms with Crippen LogP contribution < -0.4 is 36.3 Å². The molecule has 0 saturated carbocycles. The molecule has 0 aliphatic carbocycles.